The van der Waals surface area contributed by atoms with Crippen LogP contribution >= 0.6 is 0 Å². The van der Waals surface area contributed by atoms with E-state index in [1.165, 1.54) is 6.07 Å². The van der Waals surface area contributed by atoms with Gasteiger partial charge < -0.3 is 10.6 Å². The van der Waals surface area contributed by atoms with Crippen molar-refractivity contribution in [3.63, 3.8) is 0 Å². The third-order valence-electron chi connectivity index (χ3n) is 2.92. The van der Waals surface area contributed by atoms with E-state index in [0.717, 1.165) is 30.6 Å². The summed E-state index contributed by atoms with van der Waals surface area (Å²) in [6.45, 7) is 6.67. The number of nitrogens with zero attached hydrogens (tertiary/aromatic N) is 1. The predicted octanol–water partition coefficient (Wildman–Crippen LogP) is 2.76. The van der Waals surface area contributed by atoms with Gasteiger partial charge in [-0.3, -0.25) is 0 Å². The van der Waals surface area contributed by atoms with Crippen LogP contribution in [0.25, 0.3) is 0 Å². The van der Waals surface area contributed by atoms with E-state index in [1.807, 2.05) is 0 Å². The summed E-state index contributed by atoms with van der Waals surface area (Å²) in [7, 11) is 2.06. The number of halogens is 1. The van der Waals surface area contributed by atoms with Crippen molar-refractivity contribution in [2.24, 2.45) is 11.7 Å². The molecule has 3 heteroatoms. The maximum absolute atomic E-state index is 13.2. The zero-order valence-electron chi connectivity index (χ0n) is 11.0. The van der Waals surface area contributed by atoms with E-state index in [-0.39, 0.29) is 5.82 Å². The van der Waals surface area contributed by atoms with Gasteiger partial charge in [0.05, 0.1) is 0 Å². The van der Waals surface area contributed by atoms with Crippen molar-refractivity contribution in [1.82, 2.24) is 4.90 Å². The summed E-state index contributed by atoms with van der Waals surface area (Å²) in [6.07, 6.45) is 1.16. The molecule has 0 fully saturated rings. The first-order valence-corrected chi connectivity index (χ1v) is 6.18. The van der Waals surface area contributed by atoms with Crippen molar-refractivity contribution >= 4 is 0 Å². The van der Waals surface area contributed by atoms with Crippen molar-refractivity contribution in [3.05, 3.63) is 35.1 Å². The lowest BCUT2D eigenvalue weighted by Crippen LogP contribution is -2.21. The highest BCUT2D eigenvalue weighted by molar-refractivity contribution is 5.27. The number of benzene rings is 1. The van der Waals surface area contributed by atoms with Crippen LogP contribution in [0.4, 0.5) is 4.39 Å². The van der Waals surface area contributed by atoms with Crippen molar-refractivity contribution in [3.8, 4) is 0 Å². The predicted molar refractivity (Wildman–Crippen MR) is 70.1 cm³/mol. The lowest BCUT2D eigenvalue weighted by atomic mass is 10.1. The van der Waals surface area contributed by atoms with Crippen molar-refractivity contribution in [1.29, 1.82) is 0 Å². The molecule has 96 valence electrons. The van der Waals surface area contributed by atoms with Gasteiger partial charge >= 0.3 is 0 Å². The molecule has 0 amide bonds. The van der Waals surface area contributed by atoms with Gasteiger partial charge in [0.25, 0.3) is 0 Å². The molecule has 0 saturated heterocycles. The van der Waals surface area contributed by atoms with E-state index in [0.29, 0.717) is 12.5 Å². The van der Waals surface area contributed by atoms with Crippen LogP contribution in [0.5, 0.6) is 0 Å². The summed E-state index contributed by atoms with van der Waals surface area (Å²) in [6, 6.07) is 4.84. The summed E-state index contributed by atoms with van der Waals surface area (Å²) in [4.78, 5) is 2.22. The lowest BCUT2D eigenvalue weighted by Gasteiger charge is -2.19. The van der Waals surface area contributed by atoms with E-state index >= 15 is 0 Å². The Kier molecular flexibility index (Phi) is 5.59. The molecule has 1 aromatic carbocycles. The highest BCUT2D eigenvalue weighted by Gasteiger charge is 2.07. The standard InChI is InChI=1S/C14H23FN2/c1-11(2)6-7-17(3)10-13-8-14(15)5-4-12(13)9-16/h4-5,8,11H,6-7,9-10,16H2,1-3H3. The minimum Gasteiger partial charge on any atom is -0.326 e. The van der Waals surface area contributed by atoms with Crippen LogP contribution in [0.15, 0.2) is 18.2 Å². The molecule has 0 aromatic heterocycles. The molecule has 0 aliphatic rings. The van der Waals surface area contributed by atoms with E-state index in [9.17, 15) is 4.39 Å². The number of hydrogen-bond donors (Lipinski definition) is 1. The van der Waals surface area contributed by atoms with Crippen LogP contribution in [0.1, 0.15) is 31.4 Å². The van der Waals surface area contributed by atoms with Gasteiger partial charge in [-0.15, -0.1) is 0 Å². The second-order valence-electron chi connectivity index (χ2n) is 5.04. The summed E-state index contributed by atoms with van der Waals surface area (Å²) in [5.41, 5.74) is 7.69. The Balaban J connectivity index is 2.63. The van der Waals surface area contributed by atoms with Gasteiger partial charge in [-0.05, 0) is 49.2 Å². The van der Waals surface area contributed by atoms with E-state index < -0.39 is 0 Å². The Morgan fingerprint density at radius 2 is 2.00 bits per heavy atom. The quantitative estimate of drug-likeness (QED) is 0.825. The van der Waals surface area contributed by atoms with Crippen molar-refractivity contribution < 1.29 is 4.39 Å². The Hall–Kier alpha value is -0.930. The molecule has 0 atom stereocenters. The molecule has 0 radical (unpaired) electrons. The van der Waals surface area contributed by atoms with Crippen LogP contribution in [0.2, 0.25) is 0 Å². The van der Waals surface area contributed by atoms with Crippen molar-refractivity contribution in [2.75, 3.05) is 13.6 Å². The van der Waals surface area contributed by atoms with Gasteiger partial charge in [0.2, 0.25) is 0 Å². The molecule has 0 aliphatic carbocycles. The molecule has 1 aromatic rings. The molecule has 1 rings (SSSR count). The molecule has 2 N–H and O–H groups in total. The molecule has 0 bridgehead atoms. The van der Waals surface area contributed by atoms with Crippen LogP contribution in [-0.4, -0.2) is 18.5 Å². The summed E-state index contributed by atoms with van der Waals surface area (Å²) in [5, 5.41) is 0. The van der Waals surface area contributed by atoms with Crippen molar-refractivity contribution in [2.45, 2.75) is 33.4 Å². The molecule has 0 saturated carbocycles. The van der Waals surface area contributed by atoms with Gasteiger partial charge in [-0.25, -0.2) is 4.39 Å². The Morgan fingerprint density at radius 1 is 1.29 bits per heavy atom. The minimum atomic E-state index is -0.186. The Labute approximate surface area is 104 Å². The largest absolute Gasteiger partial charge is 0.326 e. The first kappa shape index (κ1) is 14.1. The van der Waals surface area contributed by atoms with Crippen LogP contribution in [0, 0.1) is 11.7 Å². The monoisotopic (exact) mass is 238 g/mol. The van der Waals surface area contributed by atoms with Crippen LogP contribution in [-0.2, 0) is 13.1 Å². The molecule has 0 spiro atoms. The highest BCUT2D eigenvalue weighted by atomic mass is 19.1. The third kappa shape index (κ3) is 4.84. The topological polar surface area (TPSA) is 29.3 Å². The first-order chi connectivity index (χ1) is 8.02. The first-order valence-electron chi connectivity index (χ1n) is 6.18. The average molecular weight is 238 g/mol. The molecular formula is C14H23FN2. The summed E-state index contributed by atoms with van der Waals surface area (Å²) < 4.78 is 13.2. The van der Waals surface area contributed by atoms with Crippen LogP contribution < -0.4 is 5.73 Å². The van der Waals surface area contributed by atoms with Gasteiger partial charge in [-0.1, -0.05) is 19.9 Å². The van der Waals surface area contributed by atoms with E-state index in [2.05, 4.69) is 25.8 Å². The molecule has 17 heavy (non-hydrogen) atoms. The SMILES string of the molecule is CC(C)CCN(C)Cc1cc(F)ccc1CN. The van der Waals surface area contributed by atoms with E-state index in [1.54, 1.807) is 12.1 Å². The molecular weight excluding hydrogens is 215 g/mol. The fraction of sp³-hybridized carbons (Fsp3) is 0.571. The number of nitrogens with two attached hydrogens (primary N) is 1. The maximum atomic E-state index is 13.2. The van der Waals surface area contributed by atoms with Gasteiger partial charge in [0.1, 0.15) is 5.82 Å². The summed E-state index contributed by atoms with van der Waals surface area (Å²) in [5.74, 6) is 0.508. The smallest absolute Gasteiger partial charge is 0.123 e. The second-order valence-corrected chi connectivity index (χ2v) is 5.04. The fourth-order valence-electron chi connectivity index (χ4n) is 1.79. The number of hydrogen-bond acceptors (Lipinski definition) is 2. The number of rotatable bonds is 6. The van der Waals surface area contributed by atoms with Crippen LogP contribution in [0.3, 0.4) is 0 Å². The zero-order valence-corrected chi connectivity index (χ0v) is 11.0. The fourth-order valence-corrected chi connectivity index (χ4v) is 1.79. The average Bonchev–Trinajstić information content (AvgIpc) is 2.27. The van der Waals surface area contributed by atoms with Gasteiger partial charge in [0, 0.05) is 13.1 Å². The van der Waals surface area contributed by atoms with E-state index in [4.69, 9.17) is 5.73 Å². The third-order valence-corrected chi connectivity index (χ3v) is 2.92. The minimum absolute atomic E-state index is 0.186. The molecule has 0 heterocycles. The Morgan fingerprint density at radius 3 is 2.59 bits per heavy atom. The highest BCUT2D eigenvalue weighted by Crippen LogP contribution is 2.13. The second kappa shape index (κ2) is 6.72. The normalized spacial score (nSPS) is 11.5. The molecule has 0 aliphatic heterocycles. The summed E-state index contributed by atoms with van der Waals surface area (Å²) >= 11 is 0. The van der Waals surface area contributed by atoms with Gasteiger partial charge in [-0.2, -0.15) is 0 Å². The Bertz CT molecular complexity index is 350. The molecule has 0 unspecified atom stereocenters. The van der Waals surface area contributed by atoms with Gasteiger partial charge in [0.15, 0.2) is 0 Å². The lowest BCUT2D eigenvalue weighted by molar-refractivity contribution is 0.302. The maximum Gasteiger partial charge on any atom is 0.123 e. The molecule has 2 nitrogen and oxygen atoms in total. The zero-order chi connectivity index (χ0) is 12.8.